The number of carbonyl (C=O) groups excluding carboxylic acids is 2. The van der Waals surface area contributed by atoms with Crippen LogP contribution in [0.4, 0.5) is 0 Å². The Kier molecular flexibility index (Phi) is 6.93. The fourth-order valence-corrected chi connectivity index (χ4v) is 3.41. The van der Waals surface area contributed by atoms with Crippen LogP contribution in [0, 0.1) is 0 Å². The van der Waals surface area contributed by atoms with E-state index in [0.717, 1.165) is 0 Å². The minimum absolute atomic E-state index is 0.0114. The first-order chi connectivity index (χ1) is 10.5. The highest BCUT2D eigenvalue weighted by Gasteiger charge is 2.38. The van der Waals surface area contributed by atoms with Gasteiger partial charge in [0.15, 0.2) is 12.2 Å². The van der Waals surface area contributed by atoms with E-state index in [2.05, 4.69) is 60.1 Å². The molecule has 1 N–H and O–H groups in total. The largest absolute Gasteiger partial charge is 0.467 e. The molecule has 0 aliphatic heterocycles. The van der Waals surface area contributed by atoms with Gasteiger partial charge in [-0.2, -0.15) is 0 Å². The maximum absolute atomic E-state index is 12.2. The van der Waals surface area contributed by atoms with Crippen molar-refractivity contribution in [1.29, 1.82) is 0 Å². The lowest BCUT2D eigenvalue weighted by atomic mass is 10.2. The number of nitrogens with one attached hydrogen (secondary N) is 1. The summed E-state index contributed by atoms with van der Waals surface area (Å²) < 4.78 is 11.4. The molecule has 0 aromatic carbocycles. The fraction of sp³-hybridized carbons (Fsp3) is 0.643. The number of hydrogen-bond acceptors (Lipinski definition) is 6. The summed E-state index contributed by atoms with van der Waals surface area (Å²) in [5, 5.41) is 4.25. The van der Waals surface area contributed by atoms with Gasteiger partial charge in [-0.1, -0.05) is 20.8 Å². The summed E-state index contributed by atoms with van der Waals surface area (Å²) >= 11 is 4.50. The third-order valence-electron chi connectivity index (χ3n) is 3.92. The van der Waals surface area contributed by atoms with Crippen molar-refractivity contribution >= 4 is 47.5 Å². The molecular formula is C14H23BrN2O4SSi. The molecule has 1 rings (SSSR count). The Bertz CT molecular complexity index is 571. The first-order valence-electron chi connectivity index (χ1n) is 7.11. The maximum Gasteiger partial charge on any atom is 0.330 e. The molecule has 0 aliphatic carbocycles. The molecule has 0 bridgehead atoms. The highest BCUT2D eigenvalue weighted by molar-refractivity contribution is 9.11. The van der Waals surface area contributed by atoms with Crippen molar-refractivity contribution in [1.82, 2.24) is 10.3 Å². The second kappa shape index (κ2) is 7.87. The van der Waals surface area contributed by atoms with Gasteiger partial charge >= 0.3 is 5.97 Å². The Labute approximate surface area is 150 Å². The van der Waals surface area contributed by atoms with Crippen LogP contribution >= 0.6 is 27.3 Å². The van der Waals surface area contributed by atoms with Gasteiger partial charge in [0.1, 0.15) is 11.7 Å². The second-order valence-electron chi connectivity index (χ2n) is 6.61. The third-order valence-corrected chi connectivity index (χ3v) is 9.78. The second-order valence-corrected chi connectivity index (χ2v) is 13.5. The van der Waals surface area contributed by atoms with E-state index in [1.165, 1.54) is 18.4 Å². The van der Waals surface area contributed by atoms with Crippen LogP contribution < -0.4 is 5.32 Å². The lowest BCUT2D eigenvalue weighted by Crippen LogP contribution is -2.49. The van der Waals surface area contributed by atoms with Crippen molar-refractivity contribution in [3.8, 4) is 0 Å². The van der Waals surface area contributed by atoms with Gasteiger partial charge in [-0.15, -0.1) is 11.3 Å². The Morgan fingerprint density at radius 3 is 2.48 bits per heavy atom. The van der Waals surface area contributed by atoms with Crippen molar-refractivity contribution in [2.75, 3.05) is 13.7 Å². The number of carbonyl (C=O) groups is 2. The first-order valence-corrected chi connectivity index (χ1v) is 11.7. The van der Waals surface area contributed by atoms with Gasteiger partial charge in [-0.05, 0) is 34.1 Å². The van der Waals surface area contributed by atoms with Crippen molar-refractivity contribution in [2.24, 2.45) is 0 Å². The molecule has 0 radical (unpaired) electrons. The van der Waals surface area contributed by atoms with Crippen LogP contribution in [0.25, 0.3) is 0 Å². The molecule has 0 fully saturated rings. The fourth-order valence-electron chi connectivity index (χ4n) is 1.41. The van der Waals surface area contributed by atoms with Gasteiger partial charge in [0.2, 0.25) is 0 Å². The lowest BCUT2D eigenvalue weighted by Gasteiger charge is -2.37. The van der Waals surface area contributed by atoms with Gasteiger partial charge < -0.3 is 14.5 Å². The lowest BCUT2D eigenvalue weighted by molar-refractivity contribution is -0.143. The Morgan fingerprint density at radius 2 is 2.04 bits per heavy atom. The van der Waals surface area contributed by atoms with Crippen molar-refractivity contribution in [3.05, 3.63) is 15.0 Å². The maximum atomic E-state index is 12.2. The van der Waals surface area contributed by atoms with Gasteiger partial charge in [-0.3, -0.25) is 4.79 Å². The molecule has 0 aliphatic rings. The van der Waals surface area contributed by atoms with E-state index in [4.69, 9.17) is 9.16 Å². The van der Waals surface area contributed by atoms with Gasteiger partial charge in [0.25, 0.3) is 5.91 Å². The Hall–Kier alpha value is -0.773. The molecule has 1 amide bonds. The quantitative estimate of drug-likeness (QED) is 0.562. The van der Waals surface area contributed by atoms with E-state index in [-0.39, 0.29) is 17.3 Å². The minimum atomic E-state index is -2.03. The zero-order chi connectivity index (χ0) is 17.8. The van der Waals surface area contributed by atoms with Crippen LogP contribution in [-0.4, -0.2) is 44.9 Å². The van der Waals surface area contributed by atoms with E-state index in [1.54, 1.807) is 5.38 Å². The summed E-state index contributed by atoms with van der Waals surface area (Å²) in [6.45, 7) is 10.6. The van der Waals surface area contributed by atoms with Crippen LogP contribution in [-0.2, 0) is 14.0 Å². The molecule has 6 nitrogen and oxygen atoms in total. The molecule has 23 heavy (non-hydrogen) atoms. The number of amides is 1. The summed E-state index contributed by atoms with van der Waals surface area (Å²) in [6.07, 6.45) is 0. The zero-order valence-corrected chi connectivity index (χ0v) is 17.6. The van der Waals surface area contributed by atoms with Crippen LogP contribution in [0.5, 0.6) is 0 Å². The summed E-state index contributed by atoms with van der Waals surface area (Å²) in [7, 11) is -0.748. The molecule has 9 heteroatoms. The Morgan fingerprint density at radius 1 is 1.43 bits per heavy atom. The van der Waals surface area contributed by atoms with E-state index < -0.39 is 26.2 Å². The minimum Gasteiger partial charge on any atom is -0.467 e. The van der Waals surface area contributed by atoms with Crippen LogP contribution in [0.3, 0.4) is 0 Å². The number of thiazole rings is 1. The monoisotopic (exact) mass is 422 g/mol. The number of rotatable bonds is 6. The molecule has 0 spiro atoms. The summed E-state index contributed by atoms with van der Waals surface area (Å²) in [5.74, 6) is -0.965. The number of nitrogens with zero attached hydrogens (tertiary/aromatic N) is 1. The first kappa shape index (κ1) is 20.3. The molecule has 1 heterocycles. The molecular weight excluding hydrogens is 400 g/mol. The van der Waals surface area contributed by atoms with E-state index in [9.17, 15) is 9.59 Å². The zero-order valence-electron chi connectivity index (χ0n) is 14.2. The van der Waals surface area contributed by atoms with Crippen LogP contribution in [0.2, 0.25) is 18.1 Å². The van der Waals surface area contributed by atoms with E-state index >= 15 is 0 Å². The van der Waals surface area contributed by atoms with Gasteiger partial charge in [0, 0.05) is 5.38 Å². The molecule has 1 aromatic rings. The smallest absolute Gasteiger partial charge is 0.330 e. The summed E-state index contributed by atoms with van der Waals surface area (Å²) in [4.78, 5) is 28.1. The summed E-state index contributed by atoms with van der Waals surface area (Å²) in [5.41, 5.74) is 0.253. The average molecular weight is 423 g/mol. The normalized spacial score (nSPS) is 13.5. The van der Waals surface area contributed by atoms with Crippen LogP contribution in [0.15, 0.2) is 9.30 Å². The van der Waals surface area contributed by atoms with E-state index in [1.807, 2.05) is 0 Å². The summed E-state index contributed by atoms with van der Waals surface area (Å²) in [6, 6.07) is -0.859. The topological polar surface area (TPSA) is 77.5 Å². The SMILES string of the molecule is COC(=O)C(CO[Si](C)(C)C(C)(C)C)NC(=O)c1csc(Br)n1. The Balaban J connectivity index is 2.78. The molecule has 0 saturated carbocycles. The number of hydrogen-bond donors (Lipinski definition) is 1. The average Bonchev–Trinajstić information content (AvgIpc) is 2.87. The highest BCUT2D eigenvalue weighted by atomic mass is 79.9. The number of methoxy groups -OCH3 is 1. The number of esters is 1. The predicted octanol–water partition coefficient (Wildman–Crippen LogP) is 3.20. The molecule has 130 valence electrons. The van der Waals surface area contributed by atoms with Gasteiger partial charge in [0.05, 0.1) is 13.7 Å². The molecule has 0 saturated heterocycles. The van der Waals surface area contributed by atoms with E-state index in [0.29, 0.717) is 3.92 Å². The number of halogens is 1. The predicted molar refractivity (Wildman–Crippen MR) is 96.2 cm³/mol. The third kappa shape index (κ3) is 5.66. The van der Waals surface area contributed by atoms with Crippen LogP contribution in [0.1, 0.15) is 31.3 Å². The number of ether oxygens (including phenoxy) is 1. The van der Waals surface area contributed by atoms with Crippen molar-refractivity contribution in [2.45, 2.75) is 44.9 Å². The van der Waals surface area contributed by atoms with Crippen molar-refractivity contribution in [3.63, 3.8) is 0 Å². The molecule has 1 atom stereocenters. The number of aromatic nitrogens is 1. The standard InChI is InChI=1S/C14H23BrN2O4SSi/c1-14(2,3)23(5,6)21-7-9(12(19)20-4)16-11(18)10-8-22-13(15)17-10/h8-9H,7H2,1-6H3,(H,16,18). The highest BCUT2D eigenvalue weighted by Crippen LogP contribution is 2.36. The van der Waals surface area contributed by atoms with Gasteiger partial charge in [-0.25, -0.2) is 9.78 Å². The van der Waals surface area contributed by atoms with Crippen molar-refractivity contribution < 1.29 is 18.8 Å². The molecule has 1 aromatic heterocycles. The molecule has 1 unspecified atom stereocenters.